The van der Waals surface area contributed by atoms with Gasteiger partial charge in [-0.05, 0) is 43.9 Å². The van der Waals surface area contributed by atoms with Gasteiger partial charge in [0.1, 0.15) is 0 Å². The maximum absolute atomic E-state index is 6.05. The Kier molecular flexibility index (Phi) is 2.20. The Morgan fingerprint density at radius 2 is 2.23 bits per heavy atom. The molecule has 70 valence electrons. The summed E-state index contributed by atoms with van der Waals surface area (Å²) in [5.74, 6) is 0. The van der Waals surface area contributed by atoms with Crippen LogP contribution in [0.25, 0.3) is 0 Å². The first-order chi connectivity index (χ1) is 6.16. The largest absolute Gasteiger partial charge is 0.382 e. The fourth-order valence-corrected chi connectivity index (χ4v) is 1.96. The fourth-order valence-electron chi connectivity index (χ4n) is 1.79. The lowest BCUT2D eigenvalue weighted by Crippen LogP contribution is -2.21. The zero-order valence-corrected chi connectivity index (χ0v) is 8.78. The van der Waals surface area contributed by atoms with E-state index in [2.05, 4.69) is 25.2 Å². The van der Waals surface area contributed by atoms with Crippen LogP contribution in [0, 0.1) is 6.92 Å². The first-order valence-corrected chi connectivity index (χ1v) is 5.10. The molecule has 1 aliphatic heterocycles. The highest BCUT2D eigenvalue weighted by Crippen LogP contribution is 2.29. The minimum absolute atomic E-state index is 0.575. The lowest BCUT2D eigenvalue weighted by atomic mass is 9.97. The van der Waals surface area contributed by atoms with Crippen molar-refractivity contribution in [2.75, 3.05) is 5.32 Å². The summed E-state index contributed by atoms with van der Waals surface area (Å²) in [5, 5.41) is 4.30. The molecule has 2 rings (SSSR count). The smallest absolute Gasteiger partial charge is 0.0455 e. The predicted octanol–water partition coefficient (Wildman–Crippen LogP) is 3.40. The van der Waals surface area contributed by atoms with Gasteiger partial charge in [0.05, 0.1) is 0 Å². The maximum Gasteiger partial charge on any atom is 0.0455 e. The quantitative estimate of drug-likeness (QED) is 0.669. The molecule has 0 radical (unpaired) electrons. The Hall–Kier alpha value is -0.690. The van der Waals surface area contributed by atoms with Gasteiger partial charge in [-0.25, -0.2) is 0 Å². The second-order valence-electron chi connectivity index (χ2n) is 3.84. The Morgan fingerprint density at radius 1 is 1.46 bits per heavy atom. The first-order valence-electron chi connectivity index (χ1n) is 4.72. The van der Waals surface area contributed by atoms with E-state index in [9.17, 15) is 0 Å². The lowest BCUT2D eigenvalue weighted by molar-refractivity contribution is 0.680. The summed E-state index contributed by atoms with van der Waals surface area (Å²) in [4.78, 5) is 0. The third-order valence-corrected chi connectivity index (χ3v) is 3.04. The summed E-state index contributed by atoms with van der Waals surface area (Å²) in [7, 11) is 0. The Balaban J connectivity index is 2.43. The van der Waals surface area contributed by atoms with Crippen LogP contribution >= 0.6 is 11.6 Å². The predicted molar refractivity (Wildman–Crippen MR) is 57.6 cm³/mol. The molecule has 1 nitrogen and oxygen atoms in total. The number of aryl methyl sites for hydroxylation is 2. The summed E-state index contributed by atoms with van der Waals surface area (Å²) in [5.41, 5.74) is 3.80. The van der Waals surface area contributed by atoms with Crippen molar-refractivity contribution < 1.29 is 0 Å². The third-order valence-electron chi connectivity index (χ3n) is 2.63. The third kappa shape index (κ3) is 1.66. The number of anilines is 1. The van der Waals surface area contributed by atoms with E-state index in [1.165, 1.54) is 29.7 Å². The molecule has 0 fully saturated rings. The molecule has 0 spiro atoms. The van der Waals surface area contributed by atoms with Crippen LogP contribution in [0.15, 0.2) is 12.1 Å². The molecule has 1 unspecified atom stereocenters. The molecule has 1 aromatic rings. The van der Waals surface area contributed by atoms with Crippen molar-refractivity contribution in [2.24, 2.45) is 0 Å². The van der Waals surface area contributed by atoms with Crippen LogP contribution in [0.3, 0.4) is 0 Å². The highest BCUT2D eigenvalue weighted by Gasteiger charge is 2.14. The number of hydrogen-bond donors (Lipinski definition) is 1. The molecular formula is C11H14ClN. The molecule has 0 saturated carbocycles. The Labute approximate surface area is 84.1 Å². The molecule has 0 aromatic heterocycles. The zero-order valence-electron chi connectivity index (χ0n) is 8.02. The van der Waals surface area contributed by atoms with Crippen molar-refractivity contribution in [3.05, 3.63) is 28.3 Å². The van der Waals surface area contributed by atoms with Gasteiger partial charge in [-0.3, -0.25) is 0 Å². The summed E-state index contributed by atoms with van der Waals surface area (Å²) in [6.45, 7) is 4.26. The van der Waals surface area contributed by atoms with Crippen LogP contribution in [0.1, 0.15) is 24.5 Å². The average Bonchev–Trinajstić information content (AvgIpc) is 2.08. The molecule has 1 N–H and O–H groups in total. The van der Waals surface area contributed by atoms with Gasteiger partial charge >= 0.3 is 0 Å². The summed E-state index contributed by atoms with van der Waals surface area (Å²) < 4.78 is 0. The van der Waals surface area contributed by atoms with Gasteiger partial charge in [0.15, 0.2) is 0 Å². The van der Waals surface area contributed by atoms with Gasteiger partial charge in [0.2, 0.25) is 0 Å². The molecule has 0 amide bonds. The van der Waals surface area contributed by atoms with Crippen LogP contribution in [0.4, 0.5) is 5.69 Å². The molecule has 1 aromatic carbocycles. The molecule has 1 heterocycles. The standard InChI is InChI=1S/C11H14ClN/c1-7-5-9-4-3-8(2)13-11(9)6-10(7)12/h5-6,8,13H,3-4H2,1-2H3. The molecule has 0 saturated heterocycles. The van der Waals surface area contributed by atoms with E-state index in [4.69, 9.17) is 11.6 Å². The van der Waals surface area contributed by atoms with E-state index in [-0.39, 0.29) is 0 Å². The van der Waals surface area contributed by atoms with Gasteiger partial charge in [0, 0.05) is 16.8 Å². The average molecular weight is 196 g/mol. The van der Waals surface area contributed by atoms with E-state index >= 15 is 0 Å². The van der Waals surface area contributed by atoms with Crippen molar-refractivity contribution in [1.82, 2.24) is 0 Å². The van der Waals surface area contributed by atoms with Crippen molar-refractivity contribution >= 4 is 17.3 Å². The number of fused-ring (bicyclic) bond motifs is 1. The molecule has 2 heteroatoms. The number of halogens is 1. The second-order valence-corrected chi connectivity index (χ2v) is 4.25. The van der Waals surface area contributed by atoms with Crippen molar-refractivity contribution in [3.8, 4) is 0 Å². The number of benzene rings is 1. The minimum atomic E-state index is 0.575. The molecule has 0 aliphatic carbocycles. The van der Waals surface area contributed by atoms with Gasteiger partial charge in [-0.1, -0.05) is 17.7 Å². The van der Waals surface area contributed by atoms with E-state index in [0.29, 0.717) is 6.04 Å². The van der Waals surface area contributed by atoms with E-state index < -0.39 is 0 Å². The molecular weight excluding hydrogens is 182 g/mol. The molecule has 0 bridgehead atoms. The lowest BCUT2D eigenvalue weighted by Gasteiger charge is -2.24. The highest BCUT2D eigenvalue weighted by atomic mass is 35.5. The van der Waals surface area contributed by atoms with Gasteiger partial charge in [-0.2, -0.15) is 0 Å². The summed E-state index contributed by atoms with van der Waals surface area (Å²) >= 11 is 6.05. The fraction of sp³-hybridized carbons (Fsp3) is 0.455. The number of nitrogens with one attached hydrogen (secondary N) is 1. The Bertz CT molecular complexity index is 333. The van der Waals surface area contributed by atoms with Crippen LogP contribution in [-0.2, 0) is 6.42 Å². The Morgan fingerprint density at radius 3 is 3.00 bits per heavy atom. The highest BCUT2D eigenvalue weighted by molar-refractivity contribution is 6.31. The first kappa shape index (κ1) is 8.89. The van der Waals surface area contributed by atoms with Crippen molar-refractivity contribution in [1.29, 1.82) is 0 Å². The number of rotatable bonds is 0. The molecule has 1 aliphatic rings. The molecule has 1 atom stereocenters. The topological polar surface area (TPSA) is 12.0 Å². The van der Waals surface area contributed by atoms with Gasteiger partial charge < -0.3 is 5.32 Å². The van der Waals surface area contributed by atoms with Crippen LogP contribution in [0.5, 0.6) is 0 Å². The van der Waals surface area contributed by atoms with Gasteiger partial charge in [-0.15, -0.1) is 0 Å². The summed E-state index contributed by atoms with van der Waals surface area (Å²) in [6.07, 6.45) is 2.38. The zero-order chi connectivity index (χ0) is 9.42. The SMILES string of the molecule is Cc1cc2c(cc1Cl)NC(C)CC2. The second kappa shape index (κ2) is 3.22. The molecule has 13 heavy (non-hydrogen) atoms. The maximum atomic E-state index is 6.05. The van der Waals surface area contributed by atoms with Crippen molar-refractivity contribution in [3.63, 3.8) is 0 Å². The van der Waals surface area contributed by atoms with Crippen LogP contribution in [-0.4, -0.2) is 6.04 Å². The monoisotopic (exact) mass is 195 g/mol. The normalized spacial score (nSPS) is 20.7. The van der Waals surface area contributed by atoms with Crippen LogP contribution < -0.4 is 5.32 Å². The van der Waals surface area contributed by atoms with Crippen LogP contribution in [0.2, 0.25) is 5.02 Å². The van der Waals surface area contributed by atoms with E-state index in [1.807, 2.05) is 6.07 Å². The minimum Gasteiger partial charge on any atom is -0.382 e. The van der Waals surface area contributed by atoms with Crippen molar-refractivity contribution in [2.45, 2.75) is 32.7 Å². The van der Waals surface area contributed by atoms with E-state index in [0.717, 1.165) is 5.02 Å². The number of hydrogen-bond acceptors (Lipinski definition) is 1. The van der Waals surface area contributed by atoms with Gasteiger partial charge in [0.25, 0.3) is 0 Å². The summed E-state index contributed by atoms with van der Waals surface area (Å²) in [6, 6.07) is 4.81. The van der Waals surface area contributed by atoms with E-state index in [1.54, 1.807) is 0 Å².